The molecular weight excluding hydrogens is 292 g/mol. The lowest BCUT2D eigenvalue weighted by atomic mass is 9.85. The second-order valence-corrected chi connectivity index (χ2v) is 7.05. The molecule has 1 spiro atoms. The highest BCUT2D eigenvalue weighted by molar-refractivity contribution is 6.07. The third-order valence-electron chi connectivity index (χ3n) is 6.04. The number of phenolic OH excluding ortho intramolecular Hbond substituents is 1. The van der Waals surface area contributed by atoms with E-state index < -0.39 is 0 Å². The minimum atomic E-state index is -0.211. The molecule has 2 amide bonds. The standard InChI is InChI=1S/C18H16N2O3/c21-11-3-1-10(2-4-11)9-19-20-16(22)14-12-5-6-13(15(14)17(20)23)18(12)7-8-18/h1-6,9,12-15,21H,7-8H2/b19-9-/t12-,13+,14-,15+. The van der Waals surface area contributed by atoms with E-state index in [1.165, 1.54) is 6.21 Å². The number of amides is 2. The fourth-order valence-electron chi connectivity index (χ4n) is 4.86. The Bertz CT molecular complexity index is 742. The Labute approximate surface area is 133 Å². The molecule has 1 aromatic carbocycles. The zero-order valence-electron chi connectivity index (χ0n) is 12.4. The van der Waals surface area contributed by atoms with Crippen LogP contribution in [0.25, 0.3) is 0 Å². The Hall–Kier alpha value is -2.43. The number of allylic oxidation sites excluding steroid dienone is 2. The monoisotopic (exact) mass is 308 g/mol. The third-order valence-corrected chi connectivity index (χ3v) is 6.04. The Morgan fingerprint density at radius 3 is 2.13 bits per heavy atom. The summed E-state index contributed by atoms with van der Waals surface area (Å²) in [6, 6.07) is 6.47. The maximum atomic E-state index is 12.7. The summed E-state index contributed by atoms with van der Waals surface area (Å²) in [7, 11) is 0. The fourth-order valence-corrected chi connectivity index (χ4v) is 4.86. The summed E-state index contributed by atoms with van der Waals surface area (Å²) in [5, 5.41) is 14.5. The third kappa shape index (κ3) is 1.54. The largest absolute Gasteiger partial charge is 0.508 e. The molecule has 0 radical (unpaired) electrons. The first kappa shape index (κ1) is 13.0. The van der Waals surface area contributed by atoms with Crippen molar-refractivity contribution in [3.63, 3.8) is 0 Å². The van der Waals surface area contributed by atoms with Gasteiger partial charge in [0.1, 0.15) is 5.75 Å². The van der Waals surface area contributed by atoms with Crippen molar-refractivity contribution in [2.75, 3.05) is 0 Å². The SMILES string of the molecule is O=C1[C@@H]2[C@H](C(=O)N1/N=C\c1ccc(O)cc1)[C@H]1C=C[C@@H]2C12CC2. The molecule has 5 rings (SSSR count). The second-order valence-electron chi connectivity index (χ2n) is 7.05. The van der Waals surface area contributed by atoms with Crippen LogP contribution in [0.2, 0.25) is 0 Å². The van der Waals surface area contributed by atoms with Crippen LogP contribution in [-0.4, -0.2) is 28.1 Å². The average Bonchev–Trinajstić information content (AvgIpc) is 3.15. The van der Waals surface area contributed by atoms with Gasteiger partial charge in [-0.2, -0.15) is 10.1 Å². The molecule has 1 heterocycles. The minimum Gasteiger partial charge on any atom is -0.508 e. The Morgan fingerprint density at radius 1 is 1.04 bits per heavy atom. The molecule has 4 aliphatic rings. The normalized spacial score (nSPS) is 35.7. The summed E-state index contributed by atoms with van der Waals surface area (Å²) in [5.74, 6) is -0.113. The molecule has 0 aromatic heterocycles. The molecule has 1 N–H and O–H groups in total. The summed E-state index contributed by atoms with van der Waals surface area (Å²) in [6.07, 6.45) is 8.08. The summed E-state index contributed by atoms with van der Waals surface area (Å²) in [6.45, 7) is 0. The van der Waals surface area contributed by atoms with Crippen LogP contribution in [-0.2, 0) is 9.59 Å². The Morgan fingerprint density at radius 2 is 1.61 bits per heavy atom. The van der Waals surface area contributed by atoms with Gasteiger partial charge >= 0.3 is 0 Å². The van der Waals surface area contributed by atoms with E-state index in [0.29, 0.717) is 0 Å². The molecule has 23 heavy (non-hydrogen) atoms. The van der Waals surface area contributed by atoms with Crippen molar-refractivity contribution in [3.8, 4) is 5.75 Å². The van der Waals surface area contributed by atoms with Gasteiger partial charge in [0.15, 0.2) is 0 Å². The summed E-state index contributed by atoms with van der Waals surface area (Å²) >= 11 is 0. The number of rotatable bonds is 2. The summed E-state index contributed by atoms with van der Waals surface area (Å²) in [4.78, 5) is 25.4. The van der Waals surface area contributed by atoms with Crippen LogP contribution in [0.15, 0.2) is 41.5 Å². The van der Waals surface area contributed by atoms with Gasteiger partial charge < -0.3 is 5.11 Å². The van der Waals surface area contributed by atoms with E-state index in [1.807, 2.05) is 0 Å². The van der Waals surface area contributed by atoms with Crippen LogP contribution in [0.5, 0.6) is 5.75 Å². The van der Waals surface area contributed by atoms with Gasteiger partial charge in [-0.05, 0) is 59.9 Å². The zero-order valence-corrected chi connectivity index (χ0v) is 12.4. The number of benzene rings is 1. The van der Waals surface area contributed by atoms with Crippen molar-refractivity contribution < 1.29 is 14.7 Å². The molecule has 1 saturated heterocycles. The van der Waals surface area contributed by atoms with Crippen LogP contribution in [0.4, 0.5) is 0 Å². The first-order chi connectivity index (χ1) is 11.1. The van der Waals surface area contributed by atoms with Crippen LogP contribution in [0, 0.1) is 29.1 Å². The molecular formula is C18H16N2O3. The highest BCUT2D eigenvalue weighted by Gasteiger charge is 2.73. The van der Waals surface area contributed by atoms with Crippen molar-refractivity contribution in [1.29, 1.82) is 0 Å². The van der Waals surface area contributed by atoms with Crippen LogP contribution in [0.3, 0.4) is 0 Å². The number of phenols is 1. The number of aromatic hydroxyl groups is 1. The number of nitrogens with zero attached hydrogens (tertiary/aromatic N) is 2. The molecule has 5 heteroatoms. The zero-order chi connectivity index (χ0) is 15.8. The average molecular weight is 308 g/mol. The molecule has 3 aliphatic carbocycles. The Kier molecular flexibility index (Phi) is 2.33. The first-order valence-corrected chi connectivity index (χ1v) is 8.01. The lowest BCUT2D eigenvalue weighted by Crippen LogP contribution is -2.30. The van der Waals surface area contributed by atoms with Crippen LogP contribution < -0.4 is 0 Å². The second kappa shape index (κ2) is 4.10. The molecule has 2 saturated carbocycles. The van der Waals surface area contributed by atoms with E-state index in [4.69, 9.17) is 0 Å². The number of hydrogen-bond donors (Lipinski definition) is 1. The lowest BCUT2D eigenvalue weighted by molar-refractivity contribution is -0.141. The van der Waals surface area contributed by atoms with E-state index in [2.05, 4.69) is 17.3 Å². The van der Waals surface area contributed by atoms with Crippen molar-refractivity contribution in [2.45, 2.75) is 12.8 Å². The van der Waals surface area contributed by atoms with Gasteiger partial charge in [-0.3, -0.25) is 9.59 Å². The van der Waals surface area contributed by atoms with Gasteiger partial charge in [0, 0.05) is 0 Å². The number of carbonyl (C=O) groups is 2. The van der Waals surface area contributed by atoms with Gasteiger partial charge in [0.2, 0.25) is 0 Å². The van der Waals surface area contributed by atoms with Crippen molar-refractivity contribution in [1.82, 2.24) is 5.01 Å². The molecule has 0 unspecified atom stereocenters. The number of imide groups is 1. The number of fused-ring (bicyclic) bond motifs is 3. The summed E-state index contributed by atoms with van der Waals surface area (Å²) < 4.78 is 0. The van der Waals surface area contributed by atoms with Crippen molar-refractivity contribution in [2.24, 2.45) is 34.2 Å². The van der Waals surface area contributed by atoms with Gasteiger partial charge in [0.05, 0.1) is 18.1 Å². The Balaban J connectivity index is 1.43. The predicted octanol–water partition coefficient (Wildman–Crippen LogP) is 1.92. The van der Waals surface area contributed by atoms with E-state index in [-0.39, 0.29) is 46.7 Å². The first-order valence-electron chi connectivity index (χ1n) is 8.01. The highest BCUT2D eigenvalue weighted by Crippen LogP contribution is 2.73. The molecule has 4 atom stereocenters. The molecule has 1 aliphatic heterocycles. The summed E-state index contributed by atoms with van der Waals surface area (Å²) in [5.41, 5.74) is 0.952. The number of hydrogen-bond acceptors (Lipinski definition) is 4. The maximum absolute atomic E-state index is 12.7. The van der Waals surface area contributed by atoms with Gasteiger partial charge in [-0.25, -0.2) is 0 Å². The van der Waals surface area contributed by atoms with Crippen molar-refractivity contribution >= 4 is 18.0 Å². The van der Waals surface area contributed by atoms with E-state index >= 15 is 0 Å². The lowest BCUT2D eigenvalue weighted by Gasteiger charge is -2.18. The van der Waals surface area contributed by atoms with Crippen LogP contribution in [0.1, 0.15) is 18.4 Å². The molecule has 116 valence electrons. The number of hydrazone groups is 1. The van der Waals surface area contributed by atoms with E-state index in [1.54, 1.807) is 24.3 Å². The predicted molar refractivity (Wildman–Crippen MR) is 82.3 cm³/mol. The highest BCUT2D eigenvalue weighted by atomic mass is 16.3. The van der Waals surface area contributed by atoms with Crippen molar-refractivity contribution in [3.05, 3.63) is 42.0 Å². The molecule has 1 aromatic rings. The van der Waals surface area contributed by atoms with Gasteiger partial charge in [0.25, 0.3) is 11.8 Å². The molecule has 5 nitrogen and oxygen atoms in total. The smallest absolute Gasteiger partial charge is 0.254 e. The maximum Gasteiger partial charge on any atom is 0.254 e. The molecule has 2 bridgehead atoms. The van der Waals surface area contributed by atoms with Crippen LogP contribution >= 0.6 is 0 Å². The molecule has 3 fully saturated rings. The minimum absolute atomic E-state index is 0.154. The number of carbonyl (C=O) groups excluding carboxylic acids is 2. The van der Waals surface area contributed by atoms with E-state index in [0.717, 1.165) is 23.4 Å². The fraction of sp³-hybridized carbons (Fsp3) is 0.389. The van der Waals surface area contributed by atoms with Gasteiger partial charge in [-0.1, -0.05) is 12.2 Å². The van der Waals surface area contributed by atoms with Gasteiger partial charge in [-0.15, -0.1) is 0 Å². The van der Waals surface area contributed by atoms with E-state index in [9.17, 15) is 14.7 Å². The quantitative estimate of drug-likeness (QED) is 0.515. The topological polar surface area (TPSA) is 70.0 Å².